The zero-order valence-electron chi connectivity index (χ0n) is 10.4. The van der Waals surface area contributed by atoms with Crippen LogP contribution in [0.25, 0.3) is 0 Å². The van der Waals surface area contributed by atoms with Gasteiger partial charge in [0.1, 0.15) is 6.04 Å². The van der Waals surface area contributed by atoms with Crippen molar-refractivity contribution in [3.8, 4) is 0 Å². The molecule has 2 heterocycles. The number of hydrogen-bond acceptors (Lipinski definition) is 5. The van der Waals surface area contributed by atoms with E-state index in [1.807, 2.05) is 4.90 Å². The van der Waals surface area contributed by atoms with Crippen LogP contribution in [0, 0.1) is 0 Å². The van der Waals surface area contributed by atoms with Crippen molar-refractivity contribution in [2.75, 3.05) is 13.1 Å². The lowest BCUT2D eigenvalue weighted by Gasteiger charge is -2.19. The van der Waals surface area contributed by atoms with Gasteiger partial charge in [0.15, 0.2) is 11.6 Å². The second-order valence-corrected chi connectivity index (χ2v) is 5.28. The lowest BCUT2D eigenvalue weighted by atomic mass is 9.89. The van der Waals surface area contributed by atoms with Crippen molar-refractivity contribution >= 4 is 17.3 Å². The number of nitrogens with zero attached hydrogens (tertiary/aromatic N) is 1. The van der Waals surface area contributed by atoms with Crippen molar-refractivity contribution in [3.05, 3.63) is 34.2 Å². The van der Waals surface area contributed by atoms with Crippen molar-refractivity contribution in [2.24, 2.45) is 0 Å². The highest BCUT2D eigenvalue weighted by molar-refractivity contribution is 6.28. The molecule has 0 spiro atoms. The molecule has 19 heavy (non-hydrogen) atoms. The number of fused-ring (bicyclic) bond motifs is 2. The molecule has 0 bridgehead atoms. The van der Waals surface area contributed by atoms with E-state index in [1.54, 1.807) is 13.0 Å². The van der Waals surface area contributed by atoms with Gasteiger partial charge in [-0.1, -0.05) is 6.08 Å². The van der Waals surface area contributed by atoms with Gasteiger partial charge in [0, 0.05) is 25.1 Å². The Balaban J connectivity index is 1.85. The highest BCUT2D eigenvalue weighted by Gasteiger charge is 2.47. The molecule has 4 rings (SSSR count). The minimum atomic E-state index is -0.487. The zero-order valence-corrected chi connectivity index (χ0v) is 10.4. The van der Waals surface area contributed by atoms with E-state index < -0.39 is 6.04 Å². The molecule has 5 nitrogen and oxygen atoms in total. The Morgan fingerprint density at radius 3 is 2.63 bits per heavy atom. The number of carbonyl (C=O) groups is 3. The summed E-state index contributed by atoms with van der Waals surface area (Å²) in [5.74, 6) is -0.240. The van der Waals surface area contributed by atoms with E-state index in [2.05, 4.69) is 5.32 Å². The van der Waals surface area contributed by atoms with Gasteiger partial charge in [0.25, 0.3) is 0 Å². The van der Waals surface area contributed by atoms with Crippen LogP contribution in [0.4, 0.5) is 0 Å². The normalized spacial score (nSPS) is 28.7. The maximum atomic E-state index is 12.5. The number of allylic oxidation sites excluding steroid dienone is 2. The van der Waals surface area contributed by atoms with Crippen LogP contribution in [0.3, 0.4) is 0 Å². The van der Waals surface area contributed by atoms with Gasteiger partial charge < -0.3 is 10.2 Å². The third-order valence-corrected chi connectivity index (χ3v) is 4.11. The number of carbonyl (C=O) groups excluding carboxylic acids is 3. The molecule has 2 aliphatic heterocycles. The summed E-state index contributed by atoms with van der Waals surface area (Å²) in [6, 6.07) is -0.487. The molecule has 96 valence electrons. The highest BCUT2D eigenvalue weighted by Crippen LogP contribution is 2.39. The first-order valence-electron chi connectivity index (χ1n) is 6.38. The number of ketones is 3. The molecule has 0 radical (unpaired) electrons. The van der Waals surface area contributed by atoms with Gasteiger partial charge in [-0.2, -0.15) is 0 Å². The molecule has 0 aromatic carbocycles. The molecule has 0 aromatic heterocycles. The molecule has 5 heteroatoms. The minimum Gasteiger partial charge on any atom is -0.368 e. The van der Waals surface area contributed by atoms with Crippen molar-refractivity contribution in [1.82, 2.24) is 10.2 Å². The van der Waals surface area contributed by atoms with E-state index in [0.717, 1.165) is 13.1 Å². The van der Waals surface area contributed by atoms with Crippen LogP contribution in [0.5, 0.6) is 0 Å². The highest BCUT2D eigenvalue weighted by atomic mass is 16.1. The molecular formula is C14H12N2O3. The lowest BCUT2D eigenvalue weighted by Crippen LogP contribution is -2.34. The van der Waals surface area contributed by atoms with Crippen LogP contribution in [0.2, 0.25) is 0 Å². The van der Waals surface area contributed by atoms with Crippen LogP contribution >= 0.6 is 0 Å². The monoisotopic (exact) mass is 256 g/mol. The van der Waals surface area contributed by atoms with Crippen molar-refractivity contribution in [3.63, 3.8) is 0 Å². The number of hydrogen-bond donors (Lipinski definition) is 1. The number of rotatable bonds is 1. The summed E-state index contributed by atoms with van der Waals surface area (Å²) in [6.45, 7) is 3.33. The standard InChI is InChI=1S/C14H12N2O3/c1-6-12(16-4-5-16)14(19)11-9(13(6)18)7-2-3-8(17)10(7)15-11/h2,10,15H,3-5H2,1H3. The molecule has 1 atom stereocenters. The molecule has 1 N–H and O–H groups in total. The SMILES string of the molecule is CC1=C(N2CC2)C(=O)C2=C(C1=O)C1=CCC(=O)C1N2. The van der Waals surface area contributed by atoms with Crippen LogP contribution in [0.1, 0.15) is 13.3 Å². The summed E-state index contributed by atoms with van der Waals surface area (Å²) < 4.78 is 0. The zero-order chi connectivity index (χ0) is 13.3. The molecule has 1 unspecified atom stereocenters. The average molecular weight is 256 g/mol. The second-order valence-electron chi connectivity index (χ2n) is 5.28. The van der Waals surface area contributed by atoms with E-state index in [-0.39, 0.29) is 17.3 Å². The lowest BCUT2D eigenvalue weighted by molar-refractivity contribution is -0.118. The third-order valence-electron chi connectivity index (χ3n) is 4.11. The maximum Gasteiger partial charge on any atom is 0.226 e. The Kier molecular flexibility index (Phi) is 1.82. The van der Waals surface area contributed by atoms with Crippen LogP contribution < -0.4 is 5.32 Å². The van der Waals surface area contributed by atoms with E-state index >= 15 is 0 Å². The number of Topliss-reactive ketones (excluding diaryl/α,β-unsaturated/α-hetero) is 3. The fraction of sp³-hybridized carbons (Fsp3) is 0.357. The first kappa shape index (κ1) is 10.7. The van der Waals surface area contributed by atoms with Crippen molar-refractivity contribution < 1.29 is 14.4 Å². The molecule has 0 saturated carbocycles. The first-order chi connectivity index (χ1) is 9.09. The summed E-state index contributed by atoms with van der Waals surface area (Å²) in [7, 11) is 0. The molecule has 2 aliphatic carbocycles. The molecule has 0 amide bonds. The second kappa shape index (κ2) is 3.23. The van der Waals surface area contributed by atoms with Gasteiger partial charge in [-0.3, -0.25) is 14.4 Å². The largest absolute Gasteiger partial charge is 0.368 e. The average Bonchev–Trinajstić information content (AvgIpc) is 3.03. The predicted molar refractivity (Wildman–Crippen MR) is 65.9 cm³/mol. The third kappa shape index (κ3) is 1.22. The van der Waals surface area contributed by atoms with Crippen LogP contribution in [-0.2, 0) is 14.4 Å². The van der Waals surface area contributed by atoms with Gasteiger partial charge >= 0.3 is 0 Å². The van der Waals surface area contributed by atoms with Gasteiger partial charge in [0.05, 0.1) is 17.0 Å². The first-order valence-corrected chi connectivity index (χ1v) is 6.38. The summed E-state index contributed by atoms with van der Waals surface area (Å²) in [5.41, 5.74) is 2.45. The summed E-state index contributed by atoms with van der Waals surface area (Å²) >= 11 is 0. The van der Waals surface area contributed by atoms with Gasteiger partial charge in [0.2, 0.25) is 5.78 Å². The molecule has 1 saturated heterocycles. The molecule has 4 aliphatic rings. The summed E-state index contributed by atoms with van der Waals surface area (Å²) in [4.78, 5) is 38.6. The van der Waals surface area contributed by atoms with Crippen molar-refractivity contribution in [2.45, 2.75) is 19.4 Å². The fourth-order valence-electron chi connectivity index (χ4n) is 3.05. The predicted octanol–water partition coefficient (Wildman–Crippen LogP) is -0.147. The topological polar surface area (TPSA) is 66.2 Å². The van der Waals surface area contributed by atoms with Gasteiger partial charge in [-0.25, -0.2) is 0 Å². The summed E-state index contributed by atoms with van der Waals surface area (Å²) in [6.07, 6.45) is 2.11. The van der Waals surface area contributed by atoms with Crippen LogP contribution in [0.15, 0.2) is 34.2 Å². The Morgan fingerprint density at radius 1 is 1.21 bits per heavy atom. The Bertz CT molecular complexity index is 662. The quantitative estimate of drug-likeness (QED) is 0.522. The van der Waals surface area contributed by atoms with Crippen molar-refractivity contribution in [1.29, 1.82) is 0 Å². The smallest absolute Gasteiger partial charge is 0.226 e. The Morgan fingerprint density at radius 2 is 1.95 bits per heavy atom. The Hall–Kier alpha value is -2.17. The Labute approximate surface area is 109 Å². The molecule has 1 fully saturated rings. The van der Waals surface area contributed by atoms with E-state index in [0.29, 0.717) is 34.5 Å². The van der Waals surface area contributed by atoms with E-state index in [4.69, 9.17) is 0 Å². The number of nitrogens with one attached hydrogen (secondary N) is 1. The van der Waals surface area contributed by atoms with E-state index in [9.17, 15) is 14.4 Å². The fourth-order valence-corrected chi connectivity index (χ4v) is 3.05. The molecule has 0 aromatic rings. The molecular weight excluding hydrogens is 244 g/mol. The van der Waals surface area contributed by atoms with Gasteiger partial charge in [-0.15, -0.1) is 0 Å². The van der Waals surface area contributed by atoms with Gasteiger partial charge in [-0.05, 0) is 12.5 Å². The maximum absolute atomic E-state index is 12.5. The van der Waals surface area contributed by atoms with Crippen LogP contribution in [-0.4, -0.2) is 41.4 Å². The van der Waals surface area contributed by atoms with E-state index in [1.165, 1.54) is 0 Å². The summed E-state index contributed by atoms with van der Waals surface area (Å²) in [5, 5.41) is 2.95. The minimum absolute atomic E-state index is 0.0240.